The molecule has 3 aliphatic heterocycles. The maximum Gasteiger partial charge on any atom is 0.415 e. The summed E-state index contributed by atoms with van der Waals surface area (Å²) < 4.78 is 25.1. The highest BCUT2D eigenvalue weighted by atomic mass is 19.1. The fourth-order valence-corrected chi connectivity index (χ4v) is 4.20. The van der Waals surface area contributed by atoms with Crippen molar-refractivity contribution in [2.45, 2.75) is 25.5 Å². The van der Waals surface area contributed by atoms with Crippen molar-refractivity contribution in [3.05, 3.63) is 65.5 Å². The van der Waals surface area contributed by atoms with Crippen LogP contribution in [0.25, 0.3) is 0 Å². The Morgan fingerprint density at radius 3 is 2.40 bits per heavy atom. The Hall–Kier alpha value is -2.93. The Kier molecular flexibility index (Phi) is 5.99. The highest BCUT2D eigenvalue weighted by molar-refractivity contribution is 5.90. The quantitative estimate of drug-likeness (QED) is 0.699. The predicted molar refractivity (Wildman–Crippen MR) is 110 cm³/mol. The van der Waals surface area contributed by atoms with E-state index in [0.29, 0.717) is 11.5 Å². The number of hydrogen-bond donors (Lipinski definition) is 0. The van der Waals surface area contributed by atoms with Gasteiger partial charge in [-0.3, -0.25) is 9.80 Å². The van der Waals surface area contributed by atoms with E-state index in [-0.39, 0.29) is 18.3 Å². The van der Waals surface area contributed by atoms with Crippen LogP contribution in [0.15, 0.2) is 48.5 Å². The molecule has 30 heavy (non-hydrogen) atoms. The zero-order chi connectivity index (χ0) is 21.1. The molecule has 158 valence electrons. The number of fused-ring (bicyclic) bond motifs is 3. The van der Waals surface area contributed by atoms with E-state index >= 15 is 0 Å². The van der Waals surface area contributed by atoms with Gasteiger partial charge in [0, 0.05) is 6.54 Å². The van der Waals surface area contributed by atoms with Gasteiger partial charge in [0.1, 0.15) is 11.9 Å². The molecule has 0 N–H and O–H groups in total. The molecular weight excluding hydrogens is 387 g/mol. The van der Waals surface area contributed by atoms with E-state index < -0.39 is 17.9 Å². The molecular formula is C23H25FN2O4. The zero-order valence-electron chi connectivity index (χ0n) is 16.9. The van der Waals surface area contributed by atoms with Crippen molar-refractivity contribution in [1.82, 2.24) is 4.90 Å². The molecule has 6 nitrogen and oxygen atoms in total. The first-order valence-corrected chi connectivity index (χ1v) is 10.2. The highest BCUT2D eigenvalue weighted by Crippen LogP contribution is 2.31. The number of piperidine rings is 3. The molecule has 0 spiro atoms. The second kappa shape index (κ2) is 8.83. The second-order valence-corrected chi connectivity index (χ2v) is 7.79. The van der Waals surface area contributed by atoms with E-state index in [1.54, 1.807) is 42.5 Å². The number of hydrogen-bond acceptors (Lipinski definition) is 5. The van der Waals surface area contributed by atoms with Gasteiger partial charge in [0.15, 0.2) is 0 Å². The monoisotopic (exact) mass is 412 g/mol. The van der Waals surface area contributed by atoms with Crippen molar-refractivity contribution >= 4 is 17.7 Å². The number of anilines is 1. The van der Waals surface area contributed by atoms with E-state index in [1.165, 1.54) is 18.1 Å². The largest absolute Gasteiger partial charge is 0.465 e. The molecule has 7 heteroatoms. The third-order valence-corrected chi connectivity index (χ3v) is 5.93. The molecule has 1 atom stereocenters. The minimum atomic E-state index is -0.559. The molecule has 3 saturated heterocycles. The molecule has 1 amide bonds. The summed E-state index contributed by atoms with van der Waals surface area (Å²) in [6, 6.07) is 12.9. The minimum Gasteiger partial charge on any atom is -0.465 e. The van der Waals surface area contributed by atoms with Gasteiger partial charge in [0.05, 0.1) is 24.9 Å². The van der Waals surface area contributed by atoms with E-state index in [4.69, 9.17) is 9.47 Å². The molecule has 0 radical (unpaired) electrons. The molecule has 3 heterocycles. The van der Waals surface area contributed by atoms with Gasteiger partial charge in [-0.15, -0.1) is 0 Å². The summed E-state index contributed by atoms with van der Waals surface area (Å²) in [5, 5.41) is 0. The van der Waals surface area contributed by atoms with Crippen molar-refractivity contribution in [2.75, 3.05) is 31.6 Å². The summed E-state index contributed by atoms with van der Waals surface area (Å²) in [7, 11) is 1.32. The van der Waals surface area contributed by atoms with Gasteiger partial charge < -0.3 is 9.47 Å². The summed E-state index contributed by atoms with van der Waals surface area (Å²) in [4.78, 5) is 28.4. The van der Waals surface area contributed by atoms with E-state index in [1.807, 2.05) is 0 Å². The Morgan fingerprint density at radius 1 is 1.10 bits per heavy atom. The summed E-state index contributed by atoms with van der Waals surface area (Å²) in [5.41, 5.74) is 1.33. The van der Waals surface area contributed by atoms with Crippen LogP contribution in [0.2, 0.25) is 0 Å². The number of carbonyl (C=O) groups is 2. The number of amides is 1. The topological polar surface area (TPSA) is 59.1 Å². The average Bonchev–Trinajstić information content (AvgIpc) is 2.78. The maximum absolute atomic E-state index is 14.5. The molecule has 0 aliphatic carbocycles. The normalized spacial score (nSPS) is 22.4. The van der Waals surface area contributed by atoms with Gasteiger partial charge in [-0.2, -0.15) is 0 Å². The number of nitrogens with zero attached hydrogens (tertiary/aromatic N) is 2. The fourth-order valence-electron chi connectivity index (χ4n) is 4.20. The number of rotatable bonds is 5. The van der Waals surface area contributed by atoms with Crippen molar-refractivity contribution in [3.8, 4) is 0 Å². The maximum atomic E-state index is 14.5. The molecule has 0 unspecified atom stereocenters. The Bertz CT molecular complexity index is 910. The molecule has 2 bridgehead atoms. The van der Waals surface area contributed by atoms with Gasteiger partial charge in [0.2, 0.25) is 0 Å². The predicted octanol–water partition coefficient (Wildman–Crippen LogP) is 3.85. The van der Waals surface area contributed by atoms with Gasteiger partial charge >= 0.3 is 12.1 Å². The number of halogens is 1. The molecule has 0 aromatic heterocycles. The zero-order valence-corrected chi connectivity index (χ0v) is 16.9. The summed E-state index contributed by atoms with van der Waals surface area (Å²) in [6.45, 7) is 2.95. The van der Waals surface area contributed by atoms with Crippen molar-refractivity contribution in [3.63, 3.8) is 0 Å². The van der Waals surface area contributed by atoms with E-state index in [2.05, 4.69) is 4.90 Å². The number of carbonyl (C=O) groups excluding carboxylic acids is 2. The lowest BCUT2D eigenvalue weighted by atomic mass is 9.86. The first-order valence-electron chi connectivity index (χ1n) is 10.2. The van der Waals surface area contributed by atoms with Crippen molar-refractivity contribution < 1.29 is 23.5 Å². The van der Waals surface area contributed by atoms with Crippen LogP contribution in [0.5, 0.6) is 0 Å². The Balaban J connectivity index is 1.54. The van der Waals surface area contributed by atoms with Crippen LogP contribution in [0.4, 0.5) is 14.9 Å². The lowest BCUT2D eigenvalue weighted by Gasteiger charge is -2.44. The molecule has 3 aliphatic rings. The summed E-state index contributed by atoms with van der Waals surface area (Å²) in [6.07, 6.45) is 1.31. The smallest absolute Gasteiger partial charge is 0.415 e. The Labute approximate surface area is 175 Å². The summed E-state index contributed by atoms with van der Waals surface area (Å²) in [5.74, 6) is -0.565. The standard InChI is InChI=1S/C23H25FN2O4/c1-29-22(27)18-8-6-16(7-9-18)14-26(20-5-3-2-4-19(20)24)23(28)30-21-15-25-12-10-17(21)11-13-25/h2-9,17,21H,10-15H2,1H3/t21-/m0/s1. The van der Waals surface area contributed by atoms with Gasteiger partial charge in [-0.05, 0) is 61.7 Å². The van der Waals surface area contributed by atoms with Crippen LogP contribution in [-0.2, 0) is 16.0 Å². The second-order valence-electron chi connectivity index (χ2n) is 7.79. The molecule has 3 fully saturated rings. The molecule has 0 saturated carbocycles. The number of para-hydroxylation sites is 1. The number of benzene rings is 2. The average molecular weight is 412 g/mol. The molecule has 5 rings (SSSR count). The van der Waals surface area contributed by atoms with Crippen LogP contribution in [-0.4, -0.2) is 49.8 Å². The fraction of sp³-hybridized carbons (Fsp3) is 0.391. The van der Waals surface area contributed by atoms with Crippen LogP contribution in [0.3, 0.4) is 0 Å². The van der Waals surface area contributed by atoms with Crippen molar-refractivity contribution in [1.29, 1.82) is 0 Å². The first-order chi connectivity index (χ1) is 14.5. The Morgan fingerprint density at radius 2 is 1.80 bits per heavy atom. The molecule has 2 aromatic rings. The van der Waals surface area contributed by atoms with E-state index in [0.717, 1.165) is 38.0 Å². The lowest BCUT2D eigenvalue weighted by molar-refractivity contribution is -0.0311. The first kappa shape index (κ1) is 20.3. The molecule has 2 aromatic carbocycles. The van der Waals surface area contributed by atoms with Crippen molar-refractivity contribution in [2.24, 2.45) is 5.92 Å². The lowest BCUT2D eigenvalue weighted by Crippen LogP contribution is -2.53. The van der Waals surface area contributed by atoms with E-state index in [9.17, 15) is 14.0 Å². The highest BCUT2D eigenvalue weighted by Gasteiger charge is 2.37. The number of ether oxygens (including phenoxy) is 2. The van der Waals surface area contributed by atoms with Gasteiger partial charge in [-0.25, -0.2) is 14.0 Å². The van der Waals surface area contributed by atoms with Crippen LogP contribution in [0.1, 0.15) is 28.8 Å². The van der Waals surface area contributed by atoms with Crippen LogP contribution in [0, 0.1) is 11.7 Å². The number of methoxy groups -OCH3 is 1. The third-order valence-electron chi connectivity index (χ3n) is 5.93. The minimum absolute atomic E-state index is 0.127. The van der Waals surface area contributed by atoms with Gasteiger partial charge in [-0.1, -0.05) is 24.3 Å². The number of esters is 1. The summed E-state index contributed by atoms with van der Waals surface area (Å²) >= 11 is 0. The SMILES string of the molecule is COC(=O)c1ccc(CN(C(=O)O[C@H]2CN3CCC2CC3)c2ccccc2F)cc1. The van der Waals surface area contributed by atoms with Gasteiger partial charge in [0.25, 0.3) is 0 Å². The third kappa shape index (κ3) is 4.31. The van der Waals surface area contributed by atoms with Crippen LogP contribution >= 0.6 is 0 Å². The van der Waals surface area contributed by atoms with Crippen LogP contribution < -0.4 is 4.90 Å².